The van der Waals surface area contributed by atoms with E-state index in [2.05, 4.69) is 48.5 Å². The Morgan fingerprint density at radius 1 is 0.933 bits per heavy atom. The van der Waals surface area contributed by atoms with Crippen molar-refractivity contribution in [2.75, 3.05) is 13.2 Å². The Hall–Kier alpha value is -0.0800. The van der Waals surface area contributed by atoms with E-state index in [0.717, 1.165) is 13.0 Å². The van der Waals surface area contributed by atoms with Gasteiger partial charge in [0.15, 0.2) is 0 Å². The summed E-state index contributed by atoms with van der Waals surface area (Å²) in [5, 5.41) is 0. The number of nitrogens with two attached hydrogens (primary N) is 1. The monoisotopic (exact) mass is 215 g/mol. The van der Waals surface area contributed by atoms with E-state index in [4.69, 9.17) is 10.5 Å². The van der Waals surface area contributed by atoms with E-state index in [1.54, 1.807) is 0 Å². The van der Waals surface area contributed by atoms with E-state index < -0.39 is 0 Å². The van der Waals surface area contributed by atoms with Crippen molar-refractivity contribution in [2.45, 2.75) is 60.5 Å². The van der Waals surface area contributed by atoms with E-state index in [1.165, 1.54) is 0 Å². The third kappa shape index (κ3) is 4.98. The highest BCUT2D eigenvalue weighted by atomic mass is 16.5. The van der Waals surface area contributed by atoms with Crippen molar-refractivity contribution in [2.24, 2.45) is 16.6 Å². The van der Waals surface area contributed by atoms with Crippen molar-refractivity contribution in [1.29, 1.82) is 0 Å². The summed E-state index contributed by atoms with van der Waals surface area (Å²) in [6, 6.07) is 0. The Bertz CT molecular complexity index is 189. The summed E-state index contributed by atoms with van der Waals surface area (Å²) in [4.78, 5) is 0. The van der Waals surface area contributed by atoms with Gasteiger partial charge in [0, 0.05) is 0 Å². The molecule has 2 N–H and O–H groups in total. The zero-order valence-electron chi connectivity index (χ0n) is 11.6. The molecule has 0 unspecified atom stereocenters. The third-order valence-corrected chi connectivity index (χ3v) is 3.60. The second-order valence-corrected chi connectivity index (χ2v) is 6.72. The lowest BCUT2D eigenvalue weighted by Crippen LogP contribution is -2.39. The number of ether oxygens (including phenoxy) is 1. The largest absolute Gasteiger partial charge is 0.375 e. The summed E-state index contributed by atoms with van der Waals surface area (Å²) >= 11 is 0. The summed E-state index contributed by atoms with van der Waals surface area (Å²) in [5.74, 6) is 0. The fraction of sp³-hybridized carbons (Fsp3) is 1.00. The molecule has 0 rings (SSSR count). The molecule has 0 atom stereocenters. The Balaban J connectivity index is 4.26. The number of hydrogen-bond acceptors (Lipinski definition) is 2. The minimum atomic E-state index is -0.0999. The van der Waals surface area contributed by atoms with Crippen LogP contribution in [-0.4, -0.2) is 18.8 Å². The quantitative estimate of drug-likeness (QED) is 0.764. The Kier molecular flexibility index (Phi) is 4.81. The first kappa shape index (κ1) is 14.9. The molecule has 0 aromatic heterocycles. The van der Waals surface area contributed by atoms with Gasteiger partial charge in [-0.2, -0.15) is 0 Å². The van der Waals surface area contributed by atoms with Crippen LogP contribution in [0.15, 0.2) is 0 Å². The van der Waals surface area contributed by atoms with Gasteiger partial charge < -0.3 is 10.5 Å². The molecule has 0 aliphatic heterocycles. The van der Waals surface area contributed by atoms with Crippen molar-refractivity contribution in [3.8, 4) is 0 Å². The third-order valence-electron chi connectivity index (χ3n) is 3.60. The molecule has 92 valence electrons. The smallest absolute Gasteiger partial charge is 0.0638 e. The molecule has 0 amide bonds. The first-order valence-corrected chi connectivity index (χ1v) is 5.86. The summed E-state index contributed by atoms with van der Waals surface area (Å²) in [6.07, 6.45) is 0.910. The van der Waals surface area contributed by atoms with E-state index >= 15 is 0 Å². The van der Waals surface area contributed by atoms with Gasteiger partial charge in [0.05, 0.1) is 12.2 Å². The predicted molar refractivity (Wildman–Crippen MR) is 66.9 cm³/mol. The van der Waals surface area contributed by atoms with Crippen LogP contribution in [0, 0.1) is 10.8 Å². The topological polar surface area (TPSA) is 35.2 Å². The molecule has 0 aromatic rings. The highest BCUT2D eigenvalue weighted by Crippen LogP contribution is 2.38. The van der Waals surface area contributed by atoms with Gasteiger partial charge in [0.1, 0.15) is 0 Å². The SMILES string of the molecule is CC(C)(CCN)OCC(C)(C)C(C)(C)C. The molecule has 0 heterocycles. The van der Waals surface area contributed by atoms with Gasteiger partial charge in [-0.1, -0.05) is 34.6 Å². The van der Waals surface area contributed by atoms with Crippen molar-refractivity contribution < 1.29 is 4.74 Å². The Labute approximate surface area is 95.6 Å². The van der Waals surface area contributed by atoms with Crippen LogP contribution in [-0.2, 0) is 4.74 Å². The van der Waals surface area contributed by atoms with E-state index in [9.17, 15) is 0 Å². The van der Waals surface area contributed by atoms with E-state index in [-0.39, 0.29) is 16.4 Å². The van der Waals surface area contributed by atoms with Crippen molar-refractivity contribution in [1.82, 2.24) is 0 Å². The maximum Gasteiger partial charge on any atom is 0.0638 e. The maximum atomic E-state index is 5.98. The van der Waals surface area contributed by atoms with Crippen molar-refractivity contribution >= 4 is 0 Å². The molecule has 0 fully saturated rings. The molecule has 2 nitrogen and oxygen atoms in total. The Morgan fingerprint density at radius 2 is 1.40 bits per heavy atom. The highest BCUT2D eigenvalue weighted by molar-refractivity contribution is 4.83. The molecule has 2 heteroatoms. The molecular weight excluding hydrogens is 186 g/mol. The molecule has 15 heavy (non-hydrogen) atoms. The fourth-order valence-electron chi connectivity index (χ4n) is 1.01. The van der Waals surface area contributed by atoms with Gasteiger partial charge in [-0.25, -0.2) is 0 Å². The lowest BCUT2D eigenvalue weighted by Gasteiger charge is -2.41. The summed E-state index contributed by atoms with van der Waals surface area (Å²) < 4.78 is 5.98. The Morgan fingerprint density at radius 3 is 1.73 bits per heavy atom. The second kappa shape index (κ2) is 4.84. The highest BCUT2D eigenvalue weighted by Gasteiger charge is 2.34. The zero-order valence-corrected chi connectivity index (χ0v) is 11.6. The first-order valence-electron chi connectivity index (χ1n) is 5.86. The lowest BCUT2D eigenvalue weighted by atomic mass is 9.70. The van der Waals surface area contributed by atoms with Gasteiger partial charge in [-0.15, -0.1) is 0 Å². The van der Waals surface area contributed by atoms with Gasteiger partial charge in [-0.3, -0.25) is 0 Å². The van der Waals surface area contributed by atoms with Gasteiger partial charge >= 0.3 is 0 Å². The molecule has 0 aliphatic carbocycles. The van der Waals surface area contributed by atoms with E-state index in [1.807, 2.05) is 0 Å². The molecule has 0 spiro atoms. The summed E-state index contributed by atoms with van der Waals surface area (Å²) in [7, 11) is 0. The molecule has 0 saturated heterocycles. The van der Waals surface area contributed by atoms with Gasteiger partial charge in [0.2, 0.25) is 0 Å². The minimum absolute atomic E-state index is 0.0999. The lowest BCUT2D eigenvalue weighted by molar-refractivity contribution is -0.0849. The molecule has 0 aromatic carbocycles. The summed E-state index contributed by atoms with van der Waals surface area (Å²) in [5.41, 5.74) is 5.90. The van der Waals surface area contributed by atoms with Gasteiger partial charge in [0.25, 0.3) is 0 Å². The van der Waals surface area contributed by atoms with Crippen LogP contribution >= 0.6 is 0 Å². The average molecular weight is 215 g/mol. The van der Waals surface area contributed by atoms with Gasteiger partial charge in [-0.05, 0) is 37.6 Å². The van der Waals surface area contributed by atoms with Crippen LogP contribution in [0.1, 0.15) is 54.9 Å². The predicted octanol–water partition coefficient (Wildman–Crippen LogP) is 3.20. The van der Waals surface area contributed by atoms with Crippen LogP contribution < -0.4 is 5.73 Å². The van der Waals surface area contributed by atoms with Crippen LogP contribution in [0.4, 0.5) is 0 Å². The van der Waals surface area contributed by atoms with Crippen LogP contribution in [0.2, 0.25) is 0 Å². The van der Waals surface area contributed by atoms with Crippen molar-refractivity contribution in [3.05, 3.63) is 0 Å². The number of rotatable bonds is 5. The molecular formula is C13H29NO. The number of hydrogen-bond donors (Lipinski definition) is 1. The first-order chi connectivity index (χ1) is 6.52. The van der Waals surface area contributed by atoms with E-state index in [0.29, 0.717) is 6.54 Å². The molecule has 0 bridgehead atoms. The van der Waals surface area contributed by atoms with Crippen LogP contribution in [0.25, 0.3) is 0 Å². The fourth-order valence-corrected chi connectivity index (χ4v) is 1.01. The molecule has 0 aliphatic rings. The summed E-state index contributed by atoms with van der Waals surface area (Å²) in [6.45, 7) is 17.0. The normalized spacial score (nSPS) is 14.4. The average Bonchev–Trinajstić information content (AvgIpc) is 1.99. The minimum Gasteiger partial charge on any atom is -0.375 e. The zero-order chi connectivity index (χ0) is 12.3. The standard InChI is InChI=1S/C13H29NO/c1-11(2,3)12(4,5)10-15-13(6,7)8-9-14/h8-10,14H2,1-7H3. The van der Waals surface area contributed by atoms with Crippen molar-refractivity contribution in [3.63, 3.8) is 0 Å². The van der Waals surface area contributed by atoms with Crippen LogP contribution in [0.3, 0.4) is 0 Å². The van der Waals surface area contributed by atoms with Crippen LogP contribution in [0.5, 0.6) is 0 Å². The maximum absolute atomic E-state index is 5.98. The molecule has 0 radical (unpaired) electrons. The molecule has 0 saturated carbocycles. The second-order valence-electron chi connectivity index (χ2n) is 6.72.